The molecule has 2 atom stereocenters. The zero-order chi connectivity index (χ0) is 18.0. The highest BCUT2D eigenvalue weighted by Crippen LogP contribution is 2.27. The van der Waals surface area contributed by atoms with Crippen LogP contribution in [0.25, 0.3) is 0 Å². The van der Waals surface area contributed by atoms with Crippen molar-refractivity contribution in [1.82, 2.24) is 10.2 Å². The second-order valence-electron chi connectivity index (χ2n) is 6.26. The Morgan fingerprint density at radius 3 is 2.52 bits per heavy atom. The maximum atomic E-state index is 13.5. The number of hydrogen-bond acceptors (Lipinski definition) is 3. The number of nitrogens with zero attached hydrogens (tertiary/aromatic N) is 1. The van der Waals surface area contributed by atoms with E-state index in [1.54, 1.807) is 24.1 Å². The van der Waals surface area contributed by atoms with Gasteiger partial charge < -0.3 is 15.3 Å². The Balaban J connectivity index is 1.89. The molecule has 0 saturated carbocycles. The number of nitrogens with one attached hydrogen (secondary N) is 1. The smallest absolute Gasteiger partial charge is 0.254 e. The van der Waals surface area contributed by atoms with E-state index >= 15 is 0 Å². The second kappa shape index (κ2) is 7.29. The number of halogens is 2. The fraction of sp³-hybridized carbons (Fsp3) is 0.316. The van der Waals surface area contributed by atoms with E-state index in [1.165, 1.54) is 12.1 Å². The SMILES string of the molecule is CNCC(O)C(Cc1cc(F)cc(F)c1)N1Cc2ccccc2C1=O. The molecule has 6 heteroatoms. The van der Waals surface area contributed by atoms with Crippen LogP contribution in [-0.4, -0.2) is 41.7 Å². The summed E-state index contributed by atoms with van der Waals surface area (Å²) in [5, 5.41) is 13.4. The molecule has 2 aromatic carbocycles. The van der Waals surface area contributed by atoms with E-state index in [2.05, 4.69) is 5.32 Å². The van der Waals surface area contributed by atoms with E-state index < -0.39 is 23.8 Å². The van der Waals surface area contributed by atoms with Gasteiger partial charge in [0, 0.05) is 24.7 Å². The van der Waals surface area contributed by atoms with Crippen molar-refractivity contribution in [3.63, 3.8) is 0 Å². The van der Waals surface area contributed by atoms with Gasteiger partial charge in [0.05, 0.1) is 12.1 Å². The Hall–Kier alpha value is -2.31. The highest BCUT2D eigenvalue weighted by atomic mass is 19.1. The van der Waals surface area contributed by atoms with Crippen LogP contribution in [0, 0.1) is 11.6 Å². The van der Waals surface area contributed by atoms with Crippen LogP contribution >= 0.6 is 0 Å². The summed E-state index contributed by atoms with van der Waals surface area (Å²) in [6, 6.07) is 9.95. The predicted octanol–water partition coefficient (Wildman–Crippen LogP) is 2.11. The predicted molar refractivity (Wildman–Crippen MR) is 90.1 cm³/mol. The third-order valence-corrected chi connectivity index (χ3v) is 4.47. The Bertz CT molecular complexity index is 762. The molecular formula is C19H20F2N2O2. The zero-order valence-electron chi connectivity index (χ0n) is 13.9. The number of carbonyl (C=O) groups excluding carboxylic acids is 1. The lowest BCUT2D eigenvalue weighted by Crippen LogP contribution is -2.48. The fourth-order valence-corrected chi connectivity index (χ4v) is 3.31. The maximum absolute atomic E-state index is 13.5. The van der Waals surface area contributed by atoms with E-state index in [0.717, 1.165) is 11.6 Å². The molecule has 1 heterocycles. The summed E-state index contributed by atoms with van der Waals surface area (Å²) in [6.07, 6.45) is -0.702. The molecule has 0 spiro atoms. The summed E-state index contributed by atoms with van der Waals surface area (Å²) in [5.41, 5.74) is 1.90. The quantitative estimate of drug-likeness (QED) is 0.842. The first-order valence-corrected chi connectivity index (χ1v) is 8.16. The minimum absolute atomic E-state index is 0.164. The fourth-order valence-electron chi connectivity index (χ4n) is 3.31. The Kier molecular flexibility index (Phi) is 5.11. The molecule has 25 heavy (non-hydrogen) atoms. The number of benzene rings is 2. The molecule has 132 valence electrons. The van der Waals surface area contributed by atoms with Gasteiger partial charge in [-0.1, -0.05) is 18.2 Å². The van der Waals surface area contributed by atoms with E-state index in [9.17, 15) is 18.7 Å². The number of carbonyl (C=O) groups is 1. The molecule has 0 bridgehead atoms. The van der Waals surface area contributed by atoms with Crippen LogP contribution in [0.3, 0.4) is 0 Å². The van der Waals surface area contributed by atoms with Gasteiger partial charge >= 0.3 is 0 Å². The van der Waals surface area contributed by atoms with Crippen molar-refractivity contribution in [2.24, 2.45) is 0 Å². The molecule has 2 N–H and O–H groups in total. The number of fused-ring (bicyclic) bond motifs is 1. The zero-order valence-corrected chi connectivity index (χ0v) is 13.9. The summed E-state index contributed by atoms with van der Waals surface area (Å²) < 4.78 is 27.0. The van der Waals surface area contributed by atoms with Crippen molar-refractivity contribution < 1.29 is 18.7 Å². The van der Waals surface area contributed by atoms with Crippen LogP contribution in [0.1, 0.15) is 21.5 Å². The van der Waals surface area contributed by atoms with Crippen LogP contribution in [0.4, 0.5) is 8.78 Å². The average molecular weight is 346 g/mol. The third-order valence-electron chi connectivity index (χ3n) is 4.47. The van der Waals surface area contributed by atoms with Crippen LogP contribution < -0.4 is 5.32 Å². The van der Waals surface area contributed by atoms with E-state index in [4.69, 9.17) is 0 Å². The van der Waals surface area contributed by atoms with Gasteiger partial charge in [0.1, 0.15) is 11.6 Å². The summed E-state index contributed by atoms with van der Waals surface area (Å²) in [5.74, 6) is -1.52. The molecule has 2 unspecified atom stereocenters. The topological polar surface area (TPSA) is 52.6 Å². The maximum Gasteiger partial charge on any atom is 0.254 e. The monoisotopic (exact) mass is 346 g/mol. The lowest BCUT2D eigenvalue weighted by molar-refractivity contribution is 0.0379. The number of aliphatic hydroxyl groups excluding tert-OH is 1. The van der Waals surface area contributed by atoms with Gasteiger partial charge in [-0.3, -0.25) is 4.79 Å². The van der Waals surface area contributed by atoms with Crippen molar-refractivity contribution in [3.05, 3.63) is 70.8 Å². The summed E-state index contributed by atoms with van der Waals surface area (Å²) >= 11 is 0. The first kappa shape index (κ1) is 17.5. The molecule has 0 saturated heterocycles. The molecule has 4 nitrogen and oxygen atoms in total. The highest BCUT2D eigenvalue weighted by molar-refractivity contribution is 5.98. The molecular weight excluding hydrogens is 326 g/mol. The van der Waals surface area contributed by atoms with Gasteiger partial charge in [-0.15, -0.1) is 0 Å². The molecule has 2 aromatic rings. The number of hydrogen-bond donors (Lipinski definition) is 2. The van der Waals surface area contributed by atoms with Gasteiger partial charge in [-0.25, -0.2) is 8.78 Å². The van der Waals surface area contributed by atoms with Crippen LogP contribution in [0.15, 0.2) is 42.5 Å². The molecule has 1 aliphatic heterocycles. The van der Waals surface area contributed by atoms with Gasteiger partial charge in [0.2, 0.25) is 0 Å². The number of rotatable bonds is 6. The van der Waals surface area contributed by atoms with E-state index in [0.29, 0.717) is 17.7 Å². The number of aliphatic hydroxyl groups is 1. The van der Waals surface area contributed by atoms with Crippen LogP contribution in [0.2, 0.25) is 0 Å². The molecule has 1 aliphatic rings. The van der Waals surface area contributed by atoms with E-state index in [-0.39, 0.29) is 18.9 Å². The Morgan fingerprint density at radius 2 is 1.88 bits per heavy atom. The summed E-state index contributed by atoms with van der Waals surface area (Å²) in [7, 11) is 1.70. The lowest BCUT2D eigenvalue weighted by Gasteiger charge is -2.32. The summed E-state index contributed by atoms with van der Waals surface area (Å²) in [6.45, 7) is 0.640. The lowest BCUT2D eigenvalue weighted by atomic mass is 9.99. The third kappa shape index (κ3) is 3.70. The van der Waals surface area contributed by atoms with Gasteiger partial charge in [0.25, 0.3) is 5.91 Å². The highest BCUT2D eigenvalue weighted by Gasteiger charge is 2.35. The molecule has 0 fully saturated rings. The molecule has 0 aromatic heterocycles. The molecule has 0 radical (unpaired) electrons. The molecule has 3 rings (SSSR count). The molecule has 1 amide bonds. The van der Waals surface area contributed by atoms with Crippen molar-refractivity contribution in [2.45, 2.75) is 25.1 Å². The van der Waals surface area contributed by atoms with Crippen molar-refractivity contribution >= 4 is 5.91 Å². The largest absolute Gasteiger partial charge is 0.390 e. The standard InChI is InChI=1S/C19H20F2N2O2/c1-22-10-18(24)17(8-12-6-14(20)9-15(21)7-12)23-11-13-4-2-3-5-16(13)19(23)25/h2-7,9,17-18,22,24H,8,10-11H2,1H3. The molecule has 0 aliphatic carbocycles. The first-order chi connectivity index (χ1) is 12.0. The minimum Gasteiger partial charge on any atom is -0.390 e. The van der Waals surface area contributed by atoms with Crippen LogP contribution in [-0.2, 0) is 13.0 Å². The Labute approximate surface area is 145 Å². The van der Waals surface area contributed by atoms with Gasteiger partial charge in [0.15, 0.2) is 0 Å². The van der Waals surface area contributed by atoms with Crippen molar-refractivity contribution in [3.8, 4) is 0 Å². The van der Waals surface area contributed by atoms with Crippen molar-refractivity contribution in [1.29, 1.82) is 0 Å². The van der Waals surface area contributed by atoms with Gasteiger partial charge in [-0.2, -0.15) is 0 Å². The number of amides is 1. The number of likely N-dealkylation sites (N-methyl/N-ethyl adjacent to an activating group) is 1. The normalized spacial score (nSPS) is 16.0. The van der Waals surface area contributed by atoms with Gasteiger partial charge in [-0.05, 0) is 42.8 Å². The second-order valence-corrected chi connectivity index (χ2v) is 6.26. The first-order valence-electron chi connectivity index (χ1n) is 8.16. The minimum atomic E-state index is -0.866. The van der Waals surface area contributed by atoms with Crippen molar-refractivity contribution in [2.75, 3.05) is 13.6 Å². The Morgan fingerprint density at radius 1 is 1.20 bits per heavy atom. The average Bonchev–Trinajstić information content (AvgIpc) is 2.89. The summed E-state index contributed by atoms with van der Waals surface area (Å²) in [4.78, 5) is 14.3. The van der Waals surface area contributed by atoms with E-state index in [1.807, 2.05) is 12.1 Å². The van der Waals surface area contributed by atoms with Crippen LogP contribution in [0.5, 0.6) is 0 Å².